The molecule has 0 aliphatic carbocycles. The van der Waals surface area contributed by atoms with E-state index < -0.39 is 17.8 Å². The van der Waals surface area contributed by atoms with Gasteiger partial charge in [-0.3, -0.25) is 9.59 Å². The lowest BCUT2D eigenvalue weighted by Crippen LogP contribution is -2.29. The Morgan fingerprint density at radius 2 is 1.77 bits per heavy atom. The molecule has 0 aromatic heterocycles. The highest BCUT2D eigenvalue weighted by molar-refractivity contribution is 6.34. The van der Waals surface area contributed by atoms with Crippen molar-refractivity contribution in [2.75, 3.05) is 17.7 Å². The Balaban J connectivity index is 2.07. The lowest BCUT2D eigenvalue weighted by Gasteiger charge is -2.14. The fourth-order valence-electron chi connectivity index (χ4n) is 2.38. The molecule has 2 amide bonds. The molecule has 0 atom stereocenters. The molecule has 1 aliphatic rings. The average Bonchev–Trinajstić information content (AvgIpc) is 2.77. The van der Waals surface area contributed by atoms with E-state index in [-0.39, 0.29) is 16.7 Å². The Labute approximate surface area is 126 Å². The predicted octanol–water partition coefficient (Wildman–Crippen LogP) is 1.86. The van der Waals surface area contributed by atoms with Gasteiger partial charge in [0.2, 0.25) is 0 Å². The van der Waals surface area contributed by atoms with Crippen molar-refractivity contribution in [3.63, 3.8) is 0 Å². The second-order valence-corrected chi connectivity index (χ2v) is 4.79. The fraction of sp³-hybridized carbons (Fsp3) is 0.0625. The summed E-state index contributed by atoms with van der Waals surface area (Å²) in [5.74, 6) is -1.50. The third-order valence-electron chi connectivity index (χ3n) is 3.44. The number of nitrogen functional groups attached to an aromatic ring is 1. The molecule has 6 heteroatoms. The van der Waals surface area contributed by atoms with Gasteiger partial charge in [-0.15, -0.1) is 0 Å². The first kappa shape index (κ1) is 13.8. The van der Waals surface area contributed by atoms with Crippen molar-refractivity contribution in [2.24, 2.45) is 0 Å². The molecule has 0 fully saturated rings. The lowest BCUT2D eigenvalue weighted by molar-refractivity contribution is 0.0600. The van der Waals surface area contributed by atoms with E-state index in [9.17, 15) is 14.4 Å². The van der Waals surface area contributed by atoms with Gasteiger partial charge in [0.1, 0.15) is 0 Å². The highest BCUT2D eigenvalue weighted by atomic mass is 16.5. The van der Waals surface area contributed by atoms with Crippen LogP contribution in [-0.4, -0.2) is 24.9 Å². The molecule has 0 bridgehead atoms. The van der Waals surface area contributed by atoms with Crippen LogP contribution in [-0.2, 0) is 4.74 Å². The van der Waals surface area contributed by atoms with E-state index in [1.54, 1.807) is 24.3 Å². The number of hydrogen-bond acceptors (Lipinski definition) is 5. The molecule has 1 aliphatic heterocycles. The maximum atomic E-state index is 12.5. The Morgan fingerprint density at radius 1 is 1.05 bits per heavy atom. The van der Waals surface area contributed by atoms with Crippen LogP contribution in [0, 0.1) is 0 Å². The molecule has 3 rings (SSSR count). The molecule has 22 heavy (non-hydrogen) atoms. The van der Waals surface area contributed by atoms with E-state index in [1.165, 1.54) is 25.3 Å². The third-order valence-corrected chi connectivity index (χ3v) is 3.44. The van der Waals surface area contributed by atoms with Crippen molar-refractivity contribution >= 4 is 29.2 Å². The third kappa shape index (κ3) is 2.01. The Morgan fingerprint density at radius 3 is 2.45 bits per heavy atom. The summed E-state index contributed by atoms with van der Waals surface area (Å²) >= 11 is 0. The van der Waals surface area contributed by atoms with Crippen LogP contribution in [0.25, 0.3) is 0 Å². The predicted molar refractivity (Wildman–Crippen MR) is 79.8 cm³/mol. The van der Waals surface area contributed by atoms with Crippen molar-refractivity contribution in [3.8, 4) is 0 Å². The van der Waals surface area contributed by atoms with Crippen LogP contribution in [0.15, 0.2) is 42.5 Å². The van der Waals surface area contributed by atoms with E-state index in [0.29, 0.717) is 11.4 Å². The lowest BCUT2D eigenvalue weighted by atomic mass is 10.1. The zero-order chi connectivity index (χ0) is 15.9. The summed E-state index contributed by atoms with van der Waals surface area (Å²) in [5.41, 5.74) is 7.18. The molecule has 2 N–H and O–H groups in total. The number of esters is 1. The van der Waals surface area contributed by atoms with Crippen LogP contribution in [0.3, 0.4) is 0 Å². The Bertz CT molecular complexity index is 814. The first-order valence-electron chi connectivity index (χ1n) is 6.49. The molecule has 1 heterocycles. The van der Waals surface area contributed by atoms with E-state index in [0.717, 1.165) is 4.90 Å². The topological polar surface area (TPSA) is 89.7 Å². The van der Waals surface area contributed by atoms with Crippen molar-refractivity contribution in [2.45, 2.75) is 0 Å². The molecule has 6 nitrogen and oxygen atoms in total. The molecule has 0 radical (unpaired) electrons. The van der Waals surface area contributed by atoms with Crippen molar-refractivity contribution in [1.82, 2.24) is 0 Å². The molecule has 2 aromatic rings. The van der Waals surface area contributed by atoms with E-state index >= 15 is 0 Å². The number of imide groups is 1. The molecule has 0 unspecified atom stereocenters. The number of carbonyl (C=O) groups excluding carboxylic acids is 3. The van der Waals surface area contributed by atoms with E-state index in [4.69, 9.17) is 5.73 Å². The quantitative estimate of drug-likeness (QED) is 0.519. The number of rotatable bonds is 2. The highest BCUT2D eigenvalue weighted by Gasteiger charge is 2.37. The van der Waals surface area contributed by atoms with Gasteiger partial charge in [-0.25, -0.2) is 9.69 Å². The number of hydrogen-bond donors (Lipinski definition) is 1. The summed E-state index contributed by atoms with van der Waals surface area (Å²) in [6.07, 6.45) is 0. The summed E-state index contributed by atoms with van der Waals surface area (Å²) in [5, 5.41) is 0. The number of ether oxygens (including phenoxy) is 1. The number of benzene rings is 2. The van der Waals surface area contributed by atoms with E-state index in [2.05, 4.69) is 4.74 Å². The van der Waals surface area contributed by atoms with Gasteiger partial charge >= 0.3 is 5.97 Å². The normalized spacial score (nSPS) is 13.2. The Kier molecular flexibility index (Phi) is 3.14. The minimum Gasteiger partial charge on any atom is -0.465 e. The zero-order valence-electron chi connectivity index (χ0n) is 11.7. The van der Waals surface area contributed by atoms with Crippen LogP contribution < -0.4 is 10.6 Å². The first-order valence-corrected chi connectivity index (χ1v) is 6.49. The minimum atomic E-state index is -0.564. The summed E-state index contributed by atoms with van der Waals surface area (Å²) in [7, 11) is 1.25. The number of anilines is 2. The van der Waals surface area contributed by atoms with Crippen LogP contribution in [0.5, 0.6) is 0 Å². The summed E-state index contributed by atoms with van der Waals surface area (Å²) in [4.78, 5) is 37.5. The maximum Gasteiger partial charge on any atom is 0.337 e. The van der Waals surface area contributed by atoms with Crippen molar-refractivity contribution in [3.05, 3.63) is 59.2 Å². The summed E-state index contributed by atoms with van der Waals surface area (Å²) < 4.78 is 4.62. The molecule has 2 aromatic carbocycles. The number of nitrogens with zero attached hydrogens (tertiary/aromatic N) is 1. The van der Waals surface area contributed by atoms with Crippen LogP contribution >= 0.6 is 0 Å². The SMILES string of the molecule is COC(=O)c1ccc2c(c1)C(=O)N(c1cccc(N)c1)C2=O. The number of carbonyl (C=O) groups is 3. The molecule has 110 valence electrons. The molecule has 0 saturated carbocycles. The Hall–Kier alpha value is -3.15. The second kappa shape index (κ2) is 5.00. The number of fused-ring (bicyclic) bond motifs is 1. The average molecular weight is 296 g/mol. The van der Waals surface area contributed by atoms with Gasteiger partial charge < -0.3 is 10.5 Å². The van der Waals surface area contributed by atoms with Crippen LogP contribution in [0.4, 0.5) is 11.4 Å². The van der Waals surface area contributed by atoms with Crippen molar-refractivity contribution < 1.29 is 19.1 Å². The summed E-state index contributed by atoms with van der Waals surface area (Å²) in [6, 6.07) is 10.8. The summed E-state index contributed by atoms with van der Waals surface area (Å²) in [6.45, 7) is 0. The second-order valence-electron chi connectivity index (χ2n) is 4.79. The van der Waals surface area contributed by atoms with Gasteiger partial charge in [0.25, 0.3) is 11.8 Å². The van der Waals surface area contributed by atoms with Crippen LogP contribution in [0.2, 0.25) is 0 Å². The smallest absolute Gasteiger partial charge is 0.337 e. The monoisotopic (exact) mass is 296 g/mol. The largest absolute Gasteiger partial charge is 0.465 e. The molecule has 0 spiro atoms. The van der Waals surface area contributed by atoms with Gasteiger partial charge in [-0.1, -0.05) is 6.07 Å². The molecule has 0 saturated heterocycles. The van der Waals surface area contributed by atoms with Gasteiger partial charge in [0.05, 0.1) is 29.5 Å². The van der Waals surface area contributed by atoms with Crippen LogP contribution in [0.1, 0.15) is 31.1 Å². The highest BCUT2D eigenvalue weighted by Crippen LogP contribution is 2.30. The fourth-order valence-corrected chi connectivity index (χ4v) is 2.38. The minimum absolute atomic E-state index is 0.176. The van der Waals surface area contributed by atoms with Gasteiger partial charge in [-0.2, -0.15) is 0 Å². The number of amides is 2. The maximum absolute atomic E-state index is 12.5. The van der Waals surface area contributed by atoms with Crippen molar-refractivity contribution in [1.29, 1.82) is 0 Å². The zero-order valence-corrected chi connectivity index (χ0v) is 11.7. The van der Waals surface area contributed by atoms with Gasteiger partial charge in [-0.05, 0) is 36.4 Å². The molecular weight excluding hydrogens is 284 g/mol. The number of nitrogens with two attached hydrogens (primary N) is 1. The van der Waals surface area contributed by atoms with Gasteiger partial charge in [0, 0.05) is 5.69 Å². The van der Waals surface area contributed by atoms with E-state index in [1.807, 2.05) is 0 Å². The van der Waals surface area contributed by atoms with Gasteiger partial charge in [0.15, 0.2) is 0 Å². The standard InChI is InChI=1S/C16H12N2O4/c1-22-16(21)9-5-6-12-13(7-9)15(20)18(14(12)19)11-4-2-3-10(17)8-11/h2-8H,17H2,1H3. The first-order chi connectivity index (χ1) is 10.5. The molecular formula is C16H12N2O4. The number of methoxy groups -OCH3 is 1.